The molecule has 0 aliphatic carbocycles. The fourth-order valence-electron chi connectivity index (χ4n) is 2.20. The van der Waals surface area contributed by atoms with Crippen LogP contribution in [0.4, 0.5) is 0 Å². The maximum absolute atomic E-state index is 5.71. The average Bonchev–Trinajstić information content (AvgIpc) is 2.66. The van der Waals surface area contributed by atoms with E-state index in [0.717, 1.165) is 39.6 Å². The predicted molar refractivity (Wildman–Crippen MR) is 79.8 cm³/mol. The number of ether oxygens (including phenoxy) is 2. The topological polar surface area (TPSA) is 62.3 Å². The lowest BCUT2D eigenvalue weighted by Crippen LogP contribution is -2.04. The van der Waals surface area contributed by atoms with Gasteiger partial charge in [-0.15, -0.1) is 0 Å². The summed E-state index contributed by atoms with van der Waals surface area (Å²) in [7, 11) is 1.94. The highest BCUT2D eigenvalue weighted by Gasteiger charge is 2.16. The van der Waals surface area contributed by atoms with Gasteiger partial charge in [0.1, 0.15) is 16.1 Å². The molecule has 2 heterocycles. The third-order valence-electron chi connectivity index (χ3n) is 3.32. The van der Waals surface area contributed by atoms with Crippen molar-refractivity contribution in [2.45, 2.75) is 13.0 Å². The smallest absolute Gasteiger partial charge is 0.161 e. The first-order chi connectivity index (χ1) is 9.70. The Labute approximate surface area is 125 Å². The van der Waals surface area contributed by atoms with Crippen LogP contribution in [0.2, 0.25) is 0 Å². The zero-order chi connectivity index (χ0) is 14.1. The van der Waals surface area contributed by atoms with E-state index in [1.807, 2.05) is 29.8 Å². The van der Waals surface area contributed by atoms with Gasteiger partial charge in [-0.2, -0.15) is 0 Å². The number of halogens is 1. The highest BCUT2D eigenvalue weighted by atomic mass is 79.9. The van der Waals surface area contributed by atoms with Crippen LogP contribution in [-0.4, -0.2) is 22.8 Å². The lowest BCUT2D eigenvalue weighted by molar-refractivity contribution is 0.297. The van der Waals surface area contributed by atoms with Crippen molar-refractivity contribution in [1.29, 1.82) is 0 Å². The van der Waals surface area contributed by atoms with Crippen LogP contribution < -0.4 is 15.2 Å². The number of imidazole rings is 1. The Bertz CT molecular complexity index is 640. The minimum absolute atomic E-state index is 0.402. The van der Waals surface area contributed by atoms with Crippen LogP contribution in [0.5, 0.6) is 11.5 Å². The van der Waals surface area contributed by atoms with Gasteiger partial charge in [-0.1, -0.05) is 0 Å². The highest BCUT2D eigenvalue weighted by Crippen LogP contribution is 2.36. The number of nitrogens with two attached hydrogens (primary N) is 1. The van der Waals surface area contributed by atoms with Crippen LogP contribution in [0, 0.1) is 0 Å². The van der Waals surface area contributed by atoms with E-state index in [4.69, 9.17) is 15.2 Å². The number of hydrogen-bond acceptors (Lipinski definition) is 4. The second-order valence-corrected chi connectivity index (χ2v) is 5.39. The van der Waals surface area contributed by atoms with Crippen molar-refractivity contribution in [3.63, 3.8) is 0 Å². The van der Waals surface area contributed by atoms with Crippen molar-refractivity contribution in [2.24, 2.45) is 12.8 Å². The van der Waals surface area contributed by atoms with Crippen molar-refractivity contribution < 1.29 is 9.47 Å². The molecule has 6 heteroatoms. The van der Waals surface area contributed by atoms with E-state index < -0.39 is 0 Å². The molecule has 0 spiro atoms. The normalized spacial score (nSPS) is 14.2. The molecule has 1 aromatic carbocycles. The second kappa shape index (κ2) is 5.46. The molecule has 0 unspecified atom stereocenters. The molecule has 0 fully saturated rings. The fraction of sp³-hybridized carbons (Fsp3) is 0.357. The molecule has 106 valence electrons. The lowest BCUT2D eigenvalue weighted by Gasteiger charge is -2.08. The zero-order valence-corrected chi connectivity index (χ0v) is 12.8. The first kappa shape index (κ1) is 13.5. The number of hydrogen-bond donors (Lipinski definition) is 1. The standard InChI is InChI=1S/C14H16BrN3O2/c1-18-12(8-16)17-13(14(18)15)9-3-4-10-11(7-9)20-6-2-5-19-10/h3-4,7H,2,5-6,8,16H2,1H3. The summed E-state index contributed by atoms with van der Waals surface area (Å²) < 4.78 is 14.2. The average molecular weight is 338 g/mol. The molecule has 5 nitrogen and oxygen atoms in total. The molecular formula is C14H16BrN3O2. The molecule has 3 rings (SSSR count). The summed E-state index contributed by atoms with van der Waals surface area (Å²) in [5, 5.41) is 0. The molecule has 0 saturated heterocycles. The molecule has 0 saturated carbocycles. The molecule has 0 amide bonds. The number of aromatic nitrogens is 2. The number of fused-ring (bicyclic) bond motifs is 1. The summed E-state index contributed by atoms with van der Waals surface area (Å²) >= 11 is 3.56. The molecule has 0 atom stereocenters. The second-order valence-electron chi connectivity index (χ2n) is 4.64. The van der Waals surface area contributed by atoms with Crippen LogP contribution in [0.25, 0.3) is 11.3 Å². The predicted octanol–water partition coefficient (Wildman–Crippen LogP) is 2.47. The Morgan fingerprint density at radius 1 is 1.30 bits per heavy atom. The molecular weight excluding hydrogens is 322 g/mol. The SMILES string of the molecule is Cn1c(CN)nc(-c2ccc3c(c2)OCCCO3)c1Br. The van der Waals surface area contributed by atoms with E-state index in [-0.39, 0.29) is 0 Å². The molecule has 1 aliphatic heterocycles. The van der Waals surface area contributed by atoms with Crippen molar-refractivity contribution in [1.82, 2.24) is 9.55 Å². The minimum Gasteiger partial charge on any atom is -0.490 e. The van der Waals surface area contributed by atoms with E-state index in [9.17, 15) is 0 Å². The number of rotatable bonds is 2. The zero-order valence-electron chi connectivity index (χ0n) is 11.2. The van der Waals surface area contributed by atoms with Gasteiger partial charge in [0, 0.05) is 19.0 Å². The maximum atomic E-state index is 5.71. The van der Waals surface area contributed by atoms with Crippen LogP contribution >= 0.6 is 15.9 Å². The summed E-state index contributed by atoms with van der Waals surface area (Å²) in [5.74, 6) is 2.39. The quantitative estimate of drug-likeness (QED) is 0.914. The first-order valence-corrected chi connectivity index (χ1v) is 7.31. The van der Waals surface area contributed by atoms with Gasteiger partial charge in [0.05, 0.1) is 19.8 Å². The van der Waals surface area contributed by atoms with Crippen LogP contribution in [0.3, 0.4) is 0 Å². The van der Waals surface area contributed by atoms with E-state index >= 15 is 0 Å². The van der Waals surface area contributed by atoms with Gasteiger partial charge in [0.25, 0.3) is 0 Å². The highest BCUT2D eigenvalue weighted by molar-refractivity contribution is 9.10. The molecule has 2 N–H and O–H groups in total. The third kappa shape index (κ3) is 2.29. The molecule has 1 aromatic heterocycles. The van der Waals surface area contributed by atoms with Crippen molar-refractivity contribution >= 4 is 15.9 Å². The summed E-state index contributed by atoms with van der Waals surface area (Å²) in [4.78, 5) is 4.57. The number of benzene rings is 1. The Morgan fingerprint density at radius 3 is 2.75 bits per heavy atom. The van der Waals surface area contributed by atoms with Crippen molar-refractivity contribution in [3.8, 4) is 22.8 Å². The summed E-state index contributed by atoms with van der Waals surface area (Å²) in [6.07, 6.45) is 0.897. The van der Waals surface area contributed by atoms with Crippen LogP contribution in [-0.2, 0) is 13.6 Å². The Morgan fingerprint density at radius 2 is 2.05 bits per heavy atom. The van der Waals surface area contributed by atoms with Crippen molar-refractivity contribution in [3.05, 3.63) is 28.6 Å². The fourth-order valence-corrected chi connectivity index (χ4v) is 2.72. The van der Waals surface area contributed by atoms with E-state index in [1.54, 1.807) is 0 Å². The van der Waals surface area contributed by atoms with Gasteiger partial charge in [0.2, 0.25) is 0 Å². The third-order valence-corrected chi connectivity index (χ3v) is 4.23. The van der Waals surface area contributed by atoms with Gasteiger partial charge in [-0.25, -0.2) is 4.98 Å². The van der Waals surface area contributed by atoms with E-state index in [2.05, 4.69) is 20.9 Å². The van der Waals surface area contributed by atoms with Crippen LogP contribution in [0.1, 0.15) is 12.2 Å². The van der Waals surface area contributed by atoms with Crippen LogP contribution in [0.15, 0.2) is 22.8 Å². The monoisotopic (exact) mass is 337 g/mol. The maximum Gasteiger partial charge on any atom is 0.161 e. The van der Waals surface area contributed by atoms with Gasteiger partial charge < -0.3 is 19.8 Å². The Balaban J connectivity index is 2.04. The largest absolute Gasteiger partial charge is 0.490 e. The number of nitrogens with zero attached hydrogens (tertiary/aromatic N) is 2. The first-order valence-electron chi connectivity index (χ1n) is 6.52. The minimum atomic E-state index is 0.402. The molecule has 1 aliphatic rings. The summed E-state index contributed by atoms with van der Waals surface area (Å²) in [5.41, 5.74) is 7.54. The molecule has 2 aromatic rings. The van der Waals surface area contributed by atoms with E-state index in [1.165, 1.54) is 0 Å². The van der Waals surface area contributed by atoms with Gasteiger partial charge in [-0.3, -0.25) is 0 Å². The van der Waals surface area contributed by atoms with Crippen molar-refractivity contribution in [2.75, 3.05) is 13.2 Å². The Kier molecular flexibility index (Phi) is 3.67. The summed E-state index contributed by atoms with van der Waals surface area (Å²) in [6.45, 7) is 1.77. The summed E-state index contributed by atoms with van der Waals surface area (Å²) in [6, 6.07) is 5.88. The van der Waals surface area contributed by atoms with Gasteiger partial charge in [0.15, 0.2) is 11.5 Å². The van der Waals surface area contributed by atoms with E-state index in [0.29, 0.717) is 19.8 Å². The van der Waals surface area contributed by atoms with Gasteiger partial charge >= 0.3 is 0 Å². The molecule has 0 radical (unpaired) electrons. The molecule has 0 bridgehead atoms. The van der Waals surface area contributed by atoms with Gasteiger partial charge in [-0.05, 0) is 34.1 Å². The lowest BCUT2D eigenvalue weighted by atomic mass is 10.1. The Hall–Kier alpha value is -1.53. The molecule has 20 heavy (non-hydrogen) atoms.